The highest BCUT2D eigenvalue weighted by molar-refractivity contribution is 7.89. The first-order valence-electron chi connectivity index (χ1n) is 9.31. The van der Waals surface area contributed by atoms with Crippen LogP contribution in [0.4, 0.5) is 0 Å². The van der Waals surface area contributed by atoms with Crippen molar-refractivity contribution >= 4 is 10.0 Å². The first-order chi connectivity index (χ1) is 13.8. The minimum atomic E-state index is -3.60. The number of sulfonamides is 1. The van der Waals surface area contributed by atoms with Crippen molar-refractivity contribution in [2.24, 2.45) is 0 Å². The van der Waals surface area contributed by atoms with Gasteiger partial charge in [-0.2, -0.15) is 4.98 Å². The van der Waals surface area contributed by atoms with Crippen LogP contribution in [0.3, 0.4) is 0 Å². The Hall–Kier alpha value is -2.71. The zero-order valence-electron chi connectivity index (χ0n) is 17.0. The van der Waals surface area contributed by atoms with Crippen molar-refractivity contribution < 1.29 is 17.7 Å². The molecule has 154 valence electrons. The van der Waals surface area contributed by atoms with E-state index in [1.165, 1.54) is 4.31 Å². The van der Waals surface area contributed by atoms with E-state index in [1.54, 1.807) is 7.05 Å². The van der Waals surface area contributed by atoms with Gasteiger partial charge in [0.15, 0.2) is 12.4 Å². The third-order valence-corrected chi connectivity index (χ3v) is 6.70. The molecule has 0 atom stereocenters. The van der Waals surface area contributed by atoms with Crippen molar-refractivity contribution in [2.75, 3.05) is 13.6 Å². The van der Waals surface area contributed by atoms with Gasteiger partial charge in [-0.15, -0.1) is 0 Å². The summed E-state index contributed by atoms with van der Waals surface area (Å²) in [5.74, 6) is 1.50. The molecule has 3 aromatic rings. The Morgan fingerprint density at radius 2 is 1.72 bits per heavy atom. The summed E-state index contributed by atoms with van der Waals surface area (Å²) >= 11 is 0. The fourth-order valence-corrected chi connectivity index (χ4v) is 4.79. The van der Waals surface area contributed by atoms with Gasteiger partial charge in [0, 0.05) is 20.0 Å². The van der Waals surface area contributed by atoms with Crippen molar-refractivity contribution in [1.29, 1.82) is 0 Å². The molecule has 0 radical (unpaired) electrons. The fourth-order valence-electron chi connectivity index (χ4n) is 3.22. The van der Waals surface area contributed by atoms with E-state index in [4.69, 9.17) is 9.26 Å². The van der Waals surface area contributed by atoms with Gasteiger partial charge in [-0.05, 0) is 44.0 Å². The zero-order valence-corrected chi connectivity index (χ0v) is 17.9. The van der Waals surface area contributed by atoms with E-state index in [0.717, 1.165) is 16.7 Å². The first-order valence-corrected chi connectivity index (χ1v) is 10.7. The van der Waals surface area contributed by atoms with Gasteiger partial charge in [0.25, 0.3) is 5.89 Å². The van der Waals surface area contributed by atoms with Gasteiger partial charge >= 0.3 is 0 Å². The molecule has 0 N–H and O–H groups in total. The maximum Gasteiger partial charge on any atom is 0.264 e. The lowest BCUT2D eigenvalue weighted by Crippen LogP contribution is -2.30. The molecule has 0 fully saturated rings. The Morgan fingerprint density at radius 1 is 1.07 bits per heavy atom. The van der Waals surface area contributed by atoms with E-state index in [1.807, 2.05) is 63.2 Å². The second kappa shape index (κ2) is 8.75. The quantitative estimate of drug-likeness (QED) is 0.560. The smallest absolute Gasteiger partial charge is 0.264 e. The number of para-hydroxylation sites is 1. The molecular weight excluding hydrogens is 390 g/mol. The number of aryl methyl sites for hydroxylation is 3. The van der Waals surface area contributed by atoms with E-state index in [-0.39, 0.29) is 13.2 Å². The number of ether oxygens (including phenoxy) is 1. The summed E-state index contributed by atoms with van der Waals surface area (Å²) in [4.78, 5) is 4.63. The lowest BCUT2D eigenvalue weighted by Gasteiger charge is -2.20. The molecule has 1 aromatic heterocycles. The number of rotatable bonds is 8. The predicted octanol–water partition coefficient (Wildman–Crippen LogP) is 3.44. The number of hydrogen-bond donors (Lipinski definition) is 0. The SMILES string of the molecule is Cc1cc(C)c(S(=O)(=O)N(C)CCc2noc(COc3ccccc3)n2)c(C)c1. The summed E-state index contributed by atoms with van der Waals surface area (Å²) in [5, 5.41) is 3.91. The van der Waals surface area contributed by atoms with E-state index in [0.29, 0.717) is 28.8 Å². The number of aromatic nitrogens is 2. The Bertz CT molecular complexity index is 1060. The molecule has 0 aliphatic rings. The third-order valence-electron chi connectivity index (χ3n) is 4.54. The Kier molecular flexibility index (Phi) is 6.34. The highest BCUT2D eigenvalue weighted by Crippen LogP contribution is 2.24. The van der Waals surface area contributed by atoms with Crippen LogP contribution in [0.2, 0.25) is 0 Å². The Balaban J connectivity index is 1.62. The van der Waals surface area contributed by atoms with Gasteiger partial charge in [0.2, 0.25) is 10.0 Å². The van der Waals surface area contributed by atoms with Gasteiger partial charge in [-0.3, -0.25) is 0 Å². The summed E-state index contributed by atoms with van der Waals surface area (Å²) in [5.41, 5.74) is 2.53. The van der Waals surface area contributed by atoms with Gasteiger partial charge in [0.05, 0.1) is 4.90 Å². The number of hydrogen-bond acceptors (Lipinski definition) is 6. The molecule has 29 heavy (non-hydrogen) atoms. The summed E-state index contributed by atoms with van der Waals surface area (Å²) in [6, 6.07) is 13.1. The first kappa shape index (κ1) is 21.0. The molecule has 0 aliphatic heterocycles. The normalized spacial score (nSPS) is 11.8. The van der Waals surface area contributed by atoms with E-state index in [2.05, 4.69) is 10.1 Å². The van der Waals surface area contributed by atoms with Crippen molar-refractivity contribution in [3.8, 4) is 5.75 Å². The molecule has 1 heterocycles. The summed E-state index contributed by atoms with van der Waals surface area (Å²) in [6.07, 6.45) is 0.342. The fraction of sp³-hybridized carbons (Fsp3) is 0.333. The number of benzene rings is 2. The predicted molar refractivity (Wildman–Crippen MR) is 109 cm³/mol. The molecule has 7 nitrogen and oxygen atoms in total. The lowest BCUT2D eigenvalue weighted by molar-refractivity contribution is 0.242. The second-order valence-electron chi connectivity index (χ2n) is 7.01. The summed E-state index contributed by atoms with van der Waals surface area (Å²) in [7, 11) is -2.04. The molecular formula is C21H25N3O4S. The number of nitrogens with zero attached hydrogens (tertiary/aromatic N) is 3. The Labute approximate surface area is 171 Å². The molecule has 0 saturated carbocycles. The van der Waals surface area contributed by atoms with Crippen LogP contribution >= 0.6 is 0 Å². The van der Waals surface area contributed by atoms with E-state index in [9.17, 15) is 8.42 Å². The second-order valence-corrected chi connectivity index (χ2v) is 8.99. The summed E-state index contributed by atoms with van der Waals surface area (Å²) in [6.45, 7) is 5.99. The molecule has 2 aromatic carbocycles. The standard InChI is InChI=1S/C21H25N3O4S/c1-15-12-16(2)21(17(3)13-15)29(25,26)24(4)11-10-19-22-20(28-23-19)14-27-18-8-6-5-7-9-18/h5-9,12-13H,10-11,14H2,1-4H3. The minimum Gasteiger partial charge on any atom is -0.484 e. The van der Waals surface area contributed by atoms with Crippen LogP contribution < -0.4 is 4.74 Å². The van der Waals surface area contributed by atoms with Gasteiger partial charge in [-0.1, -0.05) is 41.1 Å². The molecule has 8 heteroatoms. The molecule has 0 bridgehead atoms. The van der Waals surface area contributed by atoms with Crippen LogP contribution in [0.5, 0.6) is 5.75 Å². The molecule has 0 saturated heterocycles. The van der Waals surface area contributed by atoms with Crippen molar-refractivity contribution in [3.05, 3.63) is 70.9 Å². The molecule has 0 aliphatic carbocycles. The van der Waals surface area contributed by atoms with Gasteiger partial charge in [-0.25, -0.2) is 12.7 Å². The van der Waals surface area contributed by atoms with Crippen LogP contribution in [0.15, 0.2) is 51.9 Å². The van der Waals surface area contributed by atoms with Crippen LogP contribution in [0.1, 0.15) is 28.4 Å². The maximum absolute atomic E-state index is 13.0. The number of likely N-dealkylation sites (N-methyl/N-ethyl adjacent to an activating group) is 1. The maximum atomic E-state index is 13.0. The molecule has 3 rings (SSSR count). The van der Waals surface area contributed by atoms with Crippen molar-refractivity contribution in [3.63, 3.8) is 0 Å². The Morgan fingerprint density at radius 3 is 2.38 bits per heavy atom. The van der Waals surface area contributed by atoms with Crippen molar-refractivity contribution in [2.45, 2.75) is 38.7 Å². The molecule has 0 amide bonds. The lowest BCUT2D eigenvalue weighted by atomic mass is 10.1. The van der Waals surface area contributed by atoms with Crippen LogP contribution in [-0.2, 0) is 23.1 Å². The highest BCUT2D eigenvalue weighted by Gasteiger charge is 2.25. The van der Waals surface area contributed by atoms with Crippen molar-refractivity contribution in [1.82, 2.24) is 14.4 Å². The van der Waals surface area contributed by atoms with Gasteiger partial charge < -0.3 is 9.26 Å². The minimum absolute atomic E-state index is 0.160. The highest BCUT2D eigenvalue weighted by atomic mass is 32.2. The molecule has 0 unspecified atom stereocenters. The summed E-state index contributed by atoms with van der Waals surface area (Å²) < 4.78 is 38.1. The van der Waals surface area contributed by atoms with E-state index < -0.39 is 10.0 Å². The molecule has 0 spiro atoms. The largest absolute Gasteiger partial charge is 0.484 e. The average Bonchev–Trinajstić information content (AvgIpc) is 3.12. The van der Waals surface area contributed by atoms with Gasteiger partial charge in [0.1, 0.15) is 5.75 Å². The third kappa shape index (κ3) is 5.02. The monoisotopic (exact) mass is 415 g/mol. The van der Waals surface area contributed by atoms with Crippen LogP contribution in [-0.4, -0.2) is 36.5 Å². The topological polar surface area (TPSA) is 85.5 Å². The average molecular weight is 416 g/mol. The van der Waals surface area contributed by atoms with Crippen LogP contribution in [0.25, 0.3) is 0 Å². The van der Waals surface area contributed by atoms with Crippen LogP contribution in [0, 0.1) is 20.8 Å². The zero-order chi connectivity index (χ0) is 21.0. The van der Waals surface area contributed by atoms with E-state index >= 15 is 0 Å².